The average Bonchev–Trinajstić information content (AvgIpc) is 3.05. The third-order valence-corrected chi connectivity index (χ3v) is 5.68. The van der Waals surface area contributed by atoms with Gasteiger partial charge in [0.1, 0.15) is 23.1 Å². The third-order valence-electron chi connectivity index (χ3n) is 5.68. The van der Waals surface area contributed by atoms with Crippen LogP contribution >= 0.6 is 0 Å². The molecule has 0 spiro atoms. The minimum absolute atomic E-state index is 0.0174. The normalized spacial score (nSPS) is 17.4. The molecule has 3 aromatic carbocycles. The lowest BCUT2D eigenvalue weighted by molar-refractivity contribution is -0.140. The molecule has 0 bridgehead atoms. The van der Waals surface area contributed by atoms with Gasteiger partial charge >= 0.3 is 0 Å². The summed E-state index contributed by atoms with van der Waals surface area (Å²) in [6.45, 7) is 1.78. The number of nitrogens with zero attached hydrogens (tertiary/aromatic N) is 1. The largest absolute Gasteiger partial charge is 0.508 e. The molecule has 1 atom stereocenters. The molecule has 1 unspecified atom stereocenters. The van der Waals surface area contributed by atoms with Crippen molar-refractivity contribution in [3.8, 4) is 11.5 Å². The first-order chi connectivity index (χ1) is 15.8. The van der Waals surface area contributed by atoms with E-state index in [4.69, 9.17) is 4.74 Å². The molecule has 2 N–H and O–H groups in total. The molecule has 1 fully saturated rings. The van der Waals surface area contributed by atoms with Gasteiger partial charge in [0.25, 0.3) is 11.7 Å². The zero-order valence-corrected chi connectivity index (χ0v) is 18.1. The number of carbonyl (C=O) groups excluding carboxylic acids is 2. The summed E-state index contributed by atoms with van der Waals surface area (Å²) in [5.74, 6) is -1.81. The number of carbonyl (C=O) groups is 2. The van der Waals surface area contributed by atoms with Crippen LogP contribution in [0.1, 0.15) is 28.3 Å². The van der Waals surface area contributed by atoms with E-state index in [-0.39, 0.29) is 23.6 Å². The first-order valence-corrected chi connectivity index (χ1v) is 10.3. The maximum atomic E-state index is 13.4. The Bertz CT molecular complexity index is 1270. The van der Waals surface area contributed by atoms with Crippen molar-refractivity contribution in [2.45, 2.75) is 19.5 Å². The number of rotatable bonds is 5. The zero-order valence-electron chi connectivity index (χ0n) is 18.1. The fourth-order valence-corrected chi connectivity index (χ4v) is 4.04. The molecule has 7 heteroatoms. The van der Waals surface area contributed by atoms with Gasteiger partial charge < -0.3 is 19.8 Å². The second-order valence-electron chi connectivity index (χ2n) is 7.83. The topological polar surface area (TPSA) is 87.1 Å². The second kappa shape index (κ2) is 8.78. The number of halogens is 1. The Hall–Kier alpha value is -4.13. The summed E-state index contributed by atoms with van der Waals surface area (Å²) in [5, 5.41) is 21.2. The fraction of sp³-hybridized carbons (Fsp3) is 0.154. The molecule has 1 saturated heterocycles. The third kappa shape index (κ3) is 4.17. The van der Waals surface area contributed by atoms with Gasteiger partial charge in [0.2, 0.25) is 0 Å². The van der Waals surface area contributed by atoms with Crippen LogP contribution in [-0.2, 0) is 16.1 Å². The van der Waals surface area contributed by atoms with Gasteiger partial charge in [-0.15, -0.1) is 0 Å². The summed E-state index contributed by atoms with van der Waals surface area (Å²) in [6, 6.07) is 15.8. The number of aryl methyl sites for hydroxylation is 1. The summed E-state index contributed by atoms with van der Waals surface area (Å²) >= 11 is 0. The number of phenolic OH excluding ortho intramolecular Hbond substituents is 1. The van der Waals surface area contributed by atoms with Crippen LogP contribution in [0.4, 0.5) is 4.39 Å². The SMILES string of the molecule is COc1ccc(/C(O)=C2/C(=O)C(=O)N(Cc3ccc(F)cc3)C2c2cccc(O)c2)c(C)c1. The molecule has 0 radical (unpaired) electrons. The van der Waals surface area contributed by atoms with E-state index >= 15 is 0 Å². The highest BCUT2D eigenvalue weighted by Gasteiger charge is 2.46. The van der Waals surface area contributed by atoms with Crippen molar-refractivity contribution in [3.63, 3.8) is 0 Å². The molecule has 1 aliphatic rings. The summed E-state index contributed by atoms with van der Waals surface area (Å²) in [4.78, 5) is 27.5. The number of amides is 1. The van der Waals surface area contributed by atoms with E-state index in [9.17, 15) is 24.2 Å². The van der Waals surface area contributed by atoms with E-state index in [0.717, 1.165) is 0 Å². The standard InChI is InChI=1S/C26H22FNO5/c1-15-12-20(33-2)10-11-21(15)24(30)22-23(17-4-3-5-19(29)13-17)28(26(32)25(22)31)14-16-6-8-18(27)9-7-16/h3-13,23,29-30H,14H2,1-2H3/b24-22-. The van der Waals surface area contributed by atoms with Gasteiger partial charge in [-0.25, -0.2) is 4.39 Å². The Kier molecular flexibility index (Phi) is 5.87. The van der Waals surface area contributed by atoms with Crippen LogP contribution in [0.15, 0.2) is 72.3 Å². The number of likely N-dealkylation sites (tertiary alicyclic amines) is 1. The molecule has 1 heterocycles. The molecule has 6 nitrogen and oxygen atoms in total. The molecule has 1 amide bonds. The number of methoxy groups -OCH3 is 1. The number of Topliss-reactive ketones (excluding diaryl/α,β-unsaturated/α-hetero) is 1. The Morgan fingerprint density at radius 3 is 2.42 bits per heavy atom. The van der Waals surface area contributed by atoms with Crippen molar-refractivity contribution in [3.05, 3.63) is 100 Å². The van der Waals surface area contributed by atoms with Crippen LogP contribution in [0.3, 0.4) is 0 Å². The summed E-state index contributed by atoms with van der Waals surface area (Å²) < 4.78 is 18.6. The van der Waals surface area contributed by atoms with Gasteiger partial charge in [0, 0.05) is 12.1 Å². The van der Waals surface area contributed by atoms with E-state index in [0.29, 0.717) is 28.0 Å². The molecule has 1 aliphatic heterocycles. The number of aliphatic hydroxyl groups is 1. The van der Waals surface area contributed by atoms with E-state index < -0.39 is 23.5 Å². The van der Waals surface area contributed by atoms with Gasteiger partial charge in [0.15, 0.2) is 0 Å². The predicted molar refractivity (Wildman–Crippen MR) is 120 cm³/mol. The Morgan fingerprint density at radius 2 is 1.79 bits per heavy atom. The molecule has 33 heavy (non-hydrogen) atoms. The van der Waals surface area contributed by atoms with E-state index in [1.165, 1.54) is 48.4 Å². The number of phenols is 1. The lowest BCUT2D eigenvalue weighted by atomic mass is 9.93. The van der Waals surface area contributed by atoms with E-state index in [2.05, 4.69) is 0 Å². The first-order valence-electron chi connectivity index (χ1n) is 10.3. The Labute approximate surface area is 190 Å². The van der Waals surface area contributed by atoms with Crippen molar-refractivity contribution in [2.75, 3.05) is 7.11 Å². The van der Waals surface area contributed by atoms with Crippen molar-refractivity contribution >= 4 is 17.4 Å². The summed E-state index contributed by atoms with van der Waals surface area (Å²) in [6.07, 6.45) is 0. The maximum absolute atomic E-state index is 13.4. The first kappa shape index (κ1) is 22.1. The fourth-order valence-electron chi connectivity index (χ4n) is 4.04. The molecule has 168 valence electrons. The number of hydrogen-bond donors (Lipinski definition) is 2. The highest BCUT2D eigenvalue weighted by Crippen LogP contribution is 2.41. The van der Waals surface area contributed by atoms with E-state index in [1.807, 2.05) is 0 Å². The number of benzene rings is 3. The molecule has 0 aromatic heterocycles. The number of aliphatic hydroxyl groups excluding tert-OH is 1. The number of hydrogen-bond acceptors (Lipinski definition) is 5. The predicted octanol–water partition coefficient (Wildman–Crippen LogP) is 4.47. The molecule has 4 rings (SSSR count). The van der Waals surface area contributed by atoms with Crippen molar-refractivity contribution in [2.24, 2.45) is 0 Å². The number of ether oxygens (including phenoxy) is 1. The van der Waals surface area contributed by atoms with Gasteiger partial charge in [0.05, 0.1) is 18.7 Å². The molecule has 0 aliphatic carbocycles. The van der Waals surface area contributed by atoms with Crippen LogP contribution in [-0.4, -0.2) is 33.9 Å². The van der Waals surface area contributed by atoms with Gasteiger partial charge in [-0.05, 0) is 66.1 Å². The van der Waals surface area contributed by atoms with Gasteiger partial charge in [-0.1, -0.05) is 24.3 Å². The minimum atomic E-state index is -0.941. The van der Waals surface area contributed by atoms with Crippen LogP contribution in [0.5, 0.6) is 11.5 Å². The Morgan fingerprint density at radius 1 is 1.06 bits per heavy atom. The van der Waals surface area contributed by atoms with E-state index in [1.54, 1.807) is 37.3 Å². The summed E-state index contributed by atoms with van der Waals surface area (Å²) in [5.41, 5.74) is 2.04. The van der Waals surface area contributed by atoms with Crippen molar-refractivity contribution < 1.29 is 28.9 Å². The van der Waals surface area contributed by atoms with Crippen LogP contribution in [0.25, 0.3) is 5.76 Å². The maximum Gasteiger partial charge on any atom is 0.295 e. The quantitative estimate of drug-likeness (QED) is 0.342. The van der Waals surface area contributed by atoms with Crippen molar-refractivity contribution in [1.29, 1.82) is 0 Å². The average molecular weight is 447 g/mol. The molecule has 0 saturated carbocycles. The molecular weight excluding hydrogens is 425 g/mol. The Balaban J connectivity index is 1.87. The van der Waals surface area contributed by atoms with Crippen molar-refractivity contribution in [1.82, 2.24) is 4.90 Å². The second-order valence-corrected chi connectivity index (χ2v) is 7.83. The molecular formula is C26H22FNO5. The highest BCUT2D eigenvalue weighted by molar-refractivity contribution is 6.46. The highest BCUT2D eigenvalue weighted by atomic mass is 19.1. The number of ketones is 1. The summed E-state index contributed by atoms with van der Waals surface area (Å²) in [7, 11) is 1.52. The monoisotopic (exact) mass is 447 g/mol. The van der Waals surface area contributed by atoms with Crippen LogP contribution in [0, 0.1) is 12.7 Å². The van der Waals surface area contributed by atoms with Crippen LogP contribution < -0.4 is 4.74 Å². The molecule has 3 aromatic rings. The number of aromatic hydroxyl groups is 1. The lowest BCUT2D eigenvalue weighted by Gasteiger charge is -2.25. The van der Waals surface area contributed by atoms with Crippen LogP contribution in [0.2, 0.25) is 0 Å². The zero-order chi connectivity index (χ0) is 23.7. The van der Waals surface area contributed by atoms with Gasteiger partial charge in [-0.3, -0.25) is 9.59 Å². The minimum Gasteiger partial charge on any atom is -0.508 e. The van der Waals surface area contributed by atoms with Gasteiger partial charge in [-0.2, -0.15) is 0 Å². The smallest absolute Gasteiger partial charge is 0.295 e. The lowest BCUT2D eigenvalue weighted by Crippen LogP contribution is -2.29.